The first-order valence-corrected chi connectivity index (χ1v) is 8.59. The maximum atomic E-state index is 12.7. The van der Waals surface area contributed by atoms with Gasteiger partial charge in [0.2, 0.25) is 11.8 Å². The number of amides is 2. The molecule has 2 fully saturated rings. The Morgan fingerprint density at radius 2 is 2.17 bits per heavy atom. The summed E-state index contributed by atoms with van der Waals surface area (Å²) >= 11 is 5.99. The van der Waals surface area contributed by atoms with Gasteiger partial charge in [-0.1, -0.05) is 11.6 Å². The summed E-state index contributed by atoms with van der Waals surface area (Å²) in [6.45, 7) is 3.18. The second-order valence-corrected chi connectivity index (χ2v) is 7.42. The molecule has 0 N–H and O–H groups in total. The standard InChI is InChI=1S/C17H24ClN3O2/c1-11(12-4-5-12)21-8-13(6-16(21)22)17(23)20(3)10-15-7-14(18)9-19(15)2/h7,9,11-13H,4-6,8,10H2,1-3H3. The fraction of sp³-hybridized carbons (Fsp3) is 0.647. The molecule has 2 aliphatic rings. The summed E-state index contributed by atoms with van der Waals surface area (Å²) in [5, 5.41) is 0.670. The molecule has 1 saturated carbocycles. The number of hydrogen-bond donors (Lipinski definition) is 0. The van der Waals surface area contributed by atoms with Crippen LogP contribution in [0.4, 0.5) is 0 Å². The van der Waals surface area contributed by atoms with Crippen LogP contribution >= 0.6 is 11.6 Å². The minimum absolute atomic E-state index is 0.0427. The van der Waals surface area contributed by atoms with Crippen LogP contribution in [0.15, 0.2) is 12.3 Å². The van der Waals surface area contributed by atoms with E-state index < -0.39 is 0 Å². The van der Waals surface area contributed by atoms with Gasteiger partial charge < -0.3 is 14.4 Å². The van der Waals surface area contributed by atoms with Crippen molar-refractivity contribution < 1.29 is 9.59 Å². The molecule has 2 unspecified atom stereocenters. The largest absolute Gasteiger partial charge is 0.351 e. The van der Waals surface area contributed by atoms with Gasteiger partial charge in [0.15, 0.2) is 0 Å². The highest BCUT2D eigenvalue weighted by Gasteiger charge is 2.42. The predicted octanol–water partition coefficient (Wildman–Crippen LogP) is 2.28. The van der Waals surface area contributed by atoms with E-state index in [9.17, 15) is 9.59 Å². The van der Waals surface area contributed by atoms with Gasteiger partial charge in [-0.05, 0) is 31.7 Å². The number of nitrogens with zero attached hydrogens (tertiary/aromatic N) is 3. The third kappa shape index (κ3) is 3.39. The SMILES string of the molecule is CC(C1CC1)N1CC(C(=O)N(C)Cc2cc(Cl)cn2C)CC1=O. The van der Waals surface area contributed by atoms with E-state index >= 15 is 0 Å². The lowest BCUT2D eigenvalue weighted by molar-refractivity contribution is -0.135. The lowest BCUT2D eigenvalue weighted by Crippen LogP contribution is -2.38. The molecule has 23 heavy (non-hydrogen) atoms. The molecule has 1 aliphatic carbocycles. The molecule has 0 bridgehead atoms. The summed E-state index contributed by atoms with van der Waals surface area (Å²) in [6.07, 6.45) is 4.58. The Labute approximate surface area is 142 Å². The molecule has 1 aromatic heterocycles. The summed E-state index contributed by atoms with van der Waals surface area (Å²) in [4.78, 5) is 28.5. The molecule has 6 heteroatoms. The van der Waals surface area contributed by atoms with E-state index in [0.717, 1.165) is 5.69 Å². The van der Waals surface area contributed by atoms with Crippen LogP contribution in [0.2, 0.25) is 5.02 Å². The van der Waals surface area contributed by atoms with Crippen LogP contribution in [0, 0.1) is 11.8 Å². The van der Waals surface area contributed by atoms with Crippen LogP contribution in [0.3, 0.4) is 0 Å². The number of rotatable bonds is 5. The quantitative estimate of drug-likeness (QED) is 0.827. The van der Waals surface area contributed by atoms with Crippen molar-refractivity contribution in [3.05, 3.63) is 23.0 Å². The molecule has 5 nitrogen and oxygen atoms in total. The summed E-state index contributed by atoms with van der Waals surface area (Å²) in [5.41, 5.74) is 0.985. The van der Waals surface area contributed by atoms with Crippen LogP contribution < -0.4 is 0 Å². The van der Waals surface area contributed by atoms with E-state index in [2.05, 4.69) is 6.92 Å². The maximum absolute atomic E-state index is 12.7. The fourth-order valence-electron chi connectivity index (χ4n) is 3.48. The second kappa shape index (κ2) is 6.19. The van der Waals surface area contributed by atoms with Crippen molar-refractivity contribution in [3.63, 3.8) is 0 Å². The minimum Gasteiger partial charge on any atom is -0.351 e. The van der Waals surface area contributed by atoms with E-state index in [-0.39, 0.29) is 23.8 Å². The van der Waals surface area contributed by atoms with Gasteiger partial charge in [0, 0.05) is 45.0 Å². The van der Waals surface area contributed by atoms with E-state index in [0.29, 0.717) is 30.5 Å². The third-order valence-electron chi connectivity index (χ3n) is 5.15. The van der Waals surface area contributed by atoms with Crippen LogP contribution in [0.1, 0.15) is 31.9 Å². The van der Waals surface area contributed by atoms with Crippen LogP contribution in [-0.2, 0) is 23.2 Å². The molecule has 2 amide bonds. The Bertz CT molecular complexity index is 623. The number of halogens is 1. The van der Waals surface area contributed by atoms with Gasteiger partial charge in [-0.15, -0.1) is 0 Å². The summed E-state index contributed by atoms with van der Waals surface area (Å²) in [5.74, 6) is 0.583. The average molecular weight is 338 g/mol. The molecule has 0 aromatic carbocycles. The first-order chi connectivity index (χ1) is 10.9. The van der Waals surface area contributed by atoms with E-state index in [1.54, 1.807) is 11.9 Å². The Hall–Kier alpha value is -1.49. The molecule has 1 saturated heterocycles. The highest BCUT2D eigenvalue weighted by atomic mass is 35.5. The highest BCUT2D eigenvalue weighted by Crippen LogP contribution is 2.37. The summed E-state index contributed by atoms with van der Waals surface area (Å²) in [6, 6.07) is 2.14. The Kier molecular flexibility index (Phi) is 4.41. The molecule has 0 radical (unpaired) electrons. The zero-order valence-corrected chi connectivity index (χ0v) is 14.7. The predicted molar refractivity (Wildman–Crippen MR) is 88.9 cm³/mol. The average Bonchev–Trinajstić information content (AvgIpc) is 3.20. The number of carbonyl (C=O) groups is 2. The van der Waals surface area contributed by atoms with Crippen molar-refractivity contribution in [3.8, 4) is 0 Å². The van der Waals surface area contributed by atoms with Crippen LogP contribution in [-0.4, -0.2) is 45.8 Å². The molecule has 1 aromatic rings. The van der Waals surface area contributed by atoms with Gasteiger partial charge in [-0.3, -0.25) is 9.59 Å². The zero-order valence-electron chi connectivity index (χ0n) is 14.0. The summed E-state index contributed by atoms with van der Waals surface area (Å²) < 4.78 is 1.92. The molecule has 2 atom stereocenters. The van der Waals surface area contributed by atoms with E-state index in [4.69, 9.17) is 11.6 Å². The summed E-state index contributed by atoms with van der Waals surface area (Å²) in [7, 11) is 3.71. The zero-order chi connectivity index (χ0) is 16.7. The number of aromatic nitrogens is 1. The van der Waals surface area contributed by atoms with Gasteiger partial charge in [0.25, 0.3) is 0 Å². The Morgan fingerprint density at radius 3 is 2.74 bits per heavy atom. The van der Waals surface area contributed by atoms with E-state index in [1.807, 2.05) is 28.8 Å². The first-order valence-electron chi connectivity index (χ1n) is 8.22. The van der Waals surface area contributed by atoms with Crippen molar-refractivity contribution in [2.45, 2.75) is 38.8 Å². The van der Waals surface area contributed by atoms with Crippen molar-refractivity contribution in [2.75, 3.05) is 13.6 Å². The van der Waals surface area contributed by atoms with Crippen LogP contribution in [0.5, 0.6) is 0 Å². The molecule has 1 aliphatic heterocycles. The highest BCUT2D eigenvalue weighted by molar-refractivity contribution is 6.30. The minimum atomic E-state index is -0.218. The maximum Gasteiger partial charge on any atom is 0.228 e. The van der Waals surface area contributed by atoms with Crippen molar-refractivity contribution in [2.24, 2.45) is 18.9 Å². The lowest BCUT2D eigenvalue weighted by atomic mass is 10.1. The van der Waals surface area contributed by atoms with Gasteiger partial charge in [-0.2, -0.15) is 0 Å². The lowest BCUT2D eigenvalue weighted by Gasteiger charge is -2.25. The molecular weight excluding hydrogens is 314 g/mol. The first kappa shape index (κ1) is 16.4. The Morgan fingerprint density at radius 1 is 1.48 bits per heavy atom. The van der Waals surface area contributed by atoms with Gasteiger partial charge in [-0.25, -0.2) is 0 Å². The van der Waals surface area contributed by atoms with Crippen molar-refractivity contribution in [1.82, 2.24) is 14.4 Å². The molecule has 126 valence electrons. The van der Waals surface area contributed by atoms with Gasteiger partial charge in [0.05, 0.1) is 17.5 Å². The third-order valence-corrected chi connectivity index (χ3v) is 5.36. The number of carbonyl (C=O) groups excluding carboxylic acids is 2. The van der Waals surface area contributed by atoms with Crippen LogP contribution in [0.25, 0.3) is 0 Å². The topological polar surface area (TPSA) is 45.6 Å². The molecule has 3 rings (SSSR count). The van der Waals surface area contributed by atoms with E-state index in [1.165, 1.54) is 12.8 Å². The number of likely N-dealkylation sites (tertiary alicyclic amines) is 1. The Balaban J connectivity index is 1.61. The smallest absolute Gasteiger partial charge is 0.228 e. The van der Waals surface area contributed by atoms with Gasteiger partial charge in [0.1, 0.15) is 0 Å². The monoisotopic (exact) mass is 337 g/mol. The second-order valence-electron chi connectivity index (χ2n) is 6.98. The van der Waals surface area contributed by atoms with Crippen molar-refractivity contribution >= 4 is 23.4 Å². The normalized spacial score (nSPS) is 22.5. The molecule has 0 spiro atoms. The van der Waals surface area contributed by atoms with Crippen molar-refractivity contribution in [1.29, 1.82) is 0 Å². The molecular formula is C17H24ClN3O2. The fourth-order valence-corrected chi connectivity index (χ4v) is 3.75. The molecule has 2 heterocycles. The number of hydrogen-bond acceptors (Lipinski definition) is 2. The number of aryl methyl sites for hydroxylation is 1. The van der Waals surface area contributed by atoms with Gasteiger partial charge >= 0.3 is 0 Å².